The number of nitrogens with zero attached hydrogens (tertiary/aromatic N) is 1. The van der Waals surface area contributed by atoms with Crippen LogP contribution in [0.3, 0.4) is 0 Å². The standard InChI is InChI=1S/C14H29N3O/c1-5-15-14(18)12(4)17(9-11(2)3)10-13-7-6-8-16-13/h11-13,16H,5-10H2,1-4H3,(H,15,18). The molecule has 0 saturated carbocycles. The largest absolute Gasteiger partial charge is 0.355 e. The number of likely N-dealkylation sites (N-methyl/N-ethyl adjacent to an activating group) is 1. The molecule has 1 fully saturated rings. The second-order valence-electron chi connectivity index (χ2n) is 5.71. The van der Waals surface area contributed by atoms with Gasteiger partial charge in [0.2, 0.25) is 5.91 Å². The summed E-state index contributed by atoms with van der Waals surface area (Å²) in [7, 11) is 0. The van der Waals surface area contributed by atoms with Gasteiger partial charge in [0.25, 0.3) is 0 Å². The maximum absolute atomic E-state index is 12.0. The van der Waals surface area contributed by atoms with Crippen molar-refractivity contribution in [3.63, 3.8) is 0 Å². The Labute approximate surface area is 111 Å². The number of carbonyl (C=O) groups is 1. The van der Waals surface area contributed by atoms with Crippen molar-refractivity contribution in [2.75, 3.05) is 26.2 Å². The van der Waals surface area contributed by atoms with E-state index in [4.69, 9.17) is 0 Å². The summed E-state index contributed by atoms with van der Waals surface area (Å²) in [6.07, 6.45) is 2.49. The third kappa shape index (κ3) is 4.94. The summed E-state index contributed by atoms with van der Waals surface area (Å²) in [5.41, 5.74) is 0. The Morgan fingerprint density at radius 1 is 1.44 bits per heavy atom. The zero-order valence-corrected chi connectivity index (χ0v) is 12.3. The van der Waals surface area contributed by atoms with Gasteiger partial charge in [-0.3, -0.25) is 9.69 Å². The van der Waals surface area contributed by atoms with E-state index < -0.39 is 0 Å². The number of rotatable bonds is 7. The van der Waals surface area contributed by atoms with Gasteiger partial charge in [-0.15, -0.1) is 0 Å². The van der Waals surface area contributed by atoms with Gasteiger partial charge in [0.1, 0.15) is 0 Å². The molecule has 0 aromatic carbocycles. The van der Waals surface area contributed by atoms with Crippen molar-refractivity contribution in [2.45, 2.75) is 52.6 Å². The molecule has 0 aromatic heterocycles. The van der Waals surface area contributed by atoms with Crippen LogP contribution in [0, 0.1) is 5.92 Å². The quantitative estimate of drug-likeness (QED) is 0.719. The molecule has 4 nitrogen and oxygen atoms in total. The van der Waals surface area contributed by atoms with E-state index in [1.807, 2.05) is 13.8 Å². The lowest BCUT2D eigenvalue weighted by molar-refractivity contribution is -0.126. The molecular weight excluding hydrogens is 226 g/mol. The van der Waals surface area contributed by atoms with Crippen molar-refractivity contribution in [3.05, 3.63) is 0 Å². The van der Waals surface area contributed by atoms with Crippen LogP contribution >= 0.6 is 0 Å². The van der Waals surface area contributed by atoms with E-state index in [-0.39, 0.29) is 11.9 Å². The highest BCUT2D eigenvalue weighted by molar-refractivity contribution is 5.81. The second-order valence-corrected chi connectivity index (χ2v) is 5.71. The minimum Gasteiger partial charge on any atom is -0.355 e. The molecule has 18 heavy (non-hydrogen) atoms. The zero-order valence-electron chi connectivity index (χ0n) is 12.3. The average molecular weight is 255 g/mol. The van der Waals surface area contributed by atoms with Crippen LogP contribution in [0.1, 0.15) is 40.5 Å². The zero-order chi connectivity index (χ0) is 13.5. The molecule has 0 spiro atoms. The topological polar surface area (TPSA) is 44.4 Å². The highest BCUT2D eigenvalue weighted by Gasteiger charge is 2.25. The lowest BCUT2D eigenvalue weighted by atomic mass is 10.1. The first-order chi connectivity index (χ1) is 8.54. The Morgan fingerprint density at radius 2 is 2.17 bits per heavy atom. The molecule has 1 saturated heterocycles. The fourth-order valence-corrected chi connectivity index (χ4v) is 2.54. The normalized spacial score (nSPS) is 21.6. The first-order valence-electron chi connectivity index (χ1n) is 7.29. The maximum Gasteiger partial charge on any atom is 0.237 e. The molecule has 106 valence electrons. The van der Waals surface area contributed by atoms with E-state index in [1.165, 1.54) is 12.8 Å². The van der Waals surface area contributed by atoms with Gasteiger partial charge >= 0.3 is 0 Å². The van der Waals surface area contributed by atoms with E-state index in [2.05, 4.69) is 29.4 Å². The van der Waals surface area contributed by atoms with Crippen molar-refractivity contribution < 1.29 is 4.79 Å². The van der Waals surface area contributed by atoms with E-state index >= 15 is 0 Å². The van der Waals surface area contributed by atoms with E-state index in [1.54, 1.807) is 0 Å². The monoisotopic (exact) mass is 255 g/mol. The lowest BCUT2D eigenvalue weighted by Crippen LogP contribution is -2.50. The van der Waals surface area contributed by atoms with Crippen LogP contribution in [0.4, 0.5) is 0 Å². The van der Waals surface area contributed by atoms with Gasteiger partial charge in [0.05, 0.1) is 6.04 Å². The van der Waals surface area contributed by atoms with Crippen LogP contribution in [0.15, 0.2) is 0 Å². The van der Waals surface area contributed by atoms with E-state index in [9.17, 15) is 4.79 Å². The van der Waals surface area contributed by atoms with Gasteiger partial charge in [-0.1, -0.05) is 13.8 Å². The van der Waals surface area contributed by atoms with Gasteiger partial charge in [-0.05, 0) is 39.2 Å². The summed E-state index contributed by atoms with van der Waals surface area (Å²) in [5, 5.41) is 6.44. The number of hydrogen-bond donors (Lipinski definition) is 2. The first kappa shape index (κ1) is 15.4. The van der Waals surface area contributed by atoms with Crippen LogP contribution in [-0.4, -0.2) is 49.1 Å². The van der Waals surface area contributed by atoms with Crippen LogP contribution in [0.25, 0.3) is 0 Å². The predicted octanol–water partition coefficient (Wildman–Crippen LogP) is 1.22. The molecule has 2 atom stereocenters. The maximum atomic E-state index is 12.0. The molecule has 2 unspecified atom stereocenters. The minimum atomic E-state index is -0.0326. The van der Waals surface area contributed by atoms with Crippen molar-refractivity contribution >= 4 is 5.91 Å². The summed E-state index contributed by atoms with van der Waals surface area (Å²) >= 11 is 0. The summed E-state index contributed by atoms with van der Waals surface area (Å²) in [6.45, 7) is 12.2. The summed E-state index contributed by atoms with van der Waals surface area (Å²) in [4.78, 5) is 14.3. The Morgan fingerprint density at radius 3 is 2.67 bits per heavy atom. The molecule has 0 aliphatic carbocycles. The average Bonchev–Trinajstić information content (AvgIpc) is 2.79. The van der Waals surface area contributed by atoms with Crippen LogP contribution < -0.4 is 10.6 Å². The van der Waals surface area contributed by atoms with Crippen molar-refractivity contribution in [1.82, 2.24) is 15.5 Å². The molecule has 1 rings (SSSR count). The smallest absolute Gasteiger partial charge is 0.237 e. The number of carbonyl (C=O) groups excluding carboxylic acids is 1. The predicted molar refractivity (Wildman–Crippen MR) is 75.6 cm³/mol. The Kier molecular flexibility index (Phi) is 6.65. The fourth-order valence-electron chi connectivity index (χ4n) is 2.54. The Hall–Kier alpha value is -0.610. The molecular formula is C14H29N3O. The SMILES string of the molecule is CCNC(=O)C(C)N(CC(C)C)CC1CCCN1. The summed E-state index contributed by atoms with van der Waals surface area (Å²) in [6, 6.07) is 0.523. The van der Waals surface area contributed by atoms with Crippen LogP contribution in [0.5, 0.6) is 0 Å². The molecule has 1 aliphatic rings. The molecule has 0 aromatic rings. The minimum absolute atomic E-state index is 0.0326. The highest BCUT2D eigenvalue weighted by atomic mass is 16.2. The van der Waals surface area contributed by atoms with Gasteiger partial charge in [-0.2, -0.15) is 0 Å². The molecule has 1 aliphatic heterocycles. The third-order valence-electron chi connectivity index (χ3n) is 3.50. The molecule has 4 heteroatoms. The van der Waals surface area contributed by atoms with Crippen molar-refractivity contribution in [1.29, 1.82) is 0 Å². The molecule has 1 heterocycles. The van der Waals surface area contributed by atoms with Crippen molar-refractivity contribution in [2.24, 2.45) is 5.92 Å². The lowest BCUT2D eigenvalue weighted by Gasteiger charge is -2.31. The molecule has 0 bridgehead atoms. The van der Waals surface area contributed by atoms with Gasteiger partial charge in [-0.25, -0.2) is 0 Å². The van der Waals surface area contributed by atoms with E-state index in [0.29, 0.717) is 18.5 Å². The van der Waals surface area contributed by atoms with Crippen LogP contribution in [0.2, 0.25) is 0 Å². The third-order valence-corrected chi connectivity index (χ3v) is 3.50. The van der Waals surface area contributed by atoms with E-state index in [0.717, 1.165) is 19.6 Å². The first-order valence-corrected chi connectivity index (χ1v) is 7.29. The Bertz CT molecular complexity index is 249. The van der Waals surface area contributed by atoms with Crippen molar-refractivity contribution in [3.8, 4) is 0 Å². The highest BCUT2D eigenvalue weighted by Crippen LogP contribution is 2.11. The molecule has 1 amide bonds. The number of amides is 1. The fraction of sp³-hybridized carbons (Fsp3) is 0.929. The van der Waals surface area contributed by atoms with Crippen LogP contribution in [-0.2, 0) is 4.79 Å². The Balaban J connectivity index is 2.54. The number of nitrogens with one attached hydrogen (secondary N) is 2. The summed E-state index contributed by atoms with van der Waals surface area (Å²) in [5.74, 6) is 0.736. The molecule has 0 radical (unpaired) electrons. The summed E-state index contributed by atoms with van der Waals surface area (Å²) < 4.78 is 0. The number of hydrogen-bond acceptors (Lipinski definition) is 3. The van der Waals surface area contributed by atoms with Gasteiger partial charge < -0.3 is 10.6 Å². The molecule has 2 N–H and O–H groups in total. The van der Waals surface area contributed by atoms with Gasteiger partial charge in [0.15, 0.2) is 0 Å². The second kappa shape index (κ2) is 7.74. The van der Waals surface area contributed by atoms with Gasteiger partial charge in [0, 0.05) is 25.7 Å².